The molecule has 0 saturated heterocycles. The molecule has 0 aliphatic heterocycles. The van der Waals surface area contributed by atoms with Crippen molar-refractivity contribution < 1.29 is 13.9 Å². The second-order valence-electron chi connectivity index (χ2n) is 6.38. The quantitative estimate of drug-likeness (QED) is 0.549. The van der Waals surface area contributed by atoms with Gasteiger partial charge >= 0.3 is 0 Å². The third-order valence-corrected chi connectivity index (χ3v) is 4.07. The first-order valence-corrected chi connectivity index (χ1v) is 8.51. The van der Waals surface area contributed by atoms with Crippen LogP contribution in [0, 0.1) is 12.7 Å². The van der Waals surface area contributed by atoms with Gasteiger partial charge in [-0.1, -0.05) is 0 Å². The fourth-order valence-electron chi connectivity index (χ4n) is 2.92. The lowest BCUT2D eigenvalue weighted by atomic mass is 10.2. The molecule has 4 aromatic rings. The predicted octanol–water partition coefficient (Wildman–Crippen LogP) is 3.58. The van der Waals surface area contributed by atoms with Crippen molar-refractivity contribution in [2.45, 2.75) is 26.9 Å². The van der Waals surface area contributed by atoms with Crippen LogP contribution in [-0.4, -0.2) is 37.8 Å². The van der Waals surface area contributed by atoms with Crippen LogP contribution in [0.2, 0.25) is 0 Å². The average Bonchev–Trinajstić information content (AvgIpc) is 2.99. The predicted molar refractivity (Wildman–Crippen MR) is 98.5 cm³/mol. The van der Waals surface area contributed by atoms with Gasteiger partial charge in [0.05, 0.1) is 24.5 Å². The van der Waals surface area contributed by atoms with Gasteiger partial charge in [0.1, 0.15) is 17.1 Å². The van der Waals surface area contributed by atoms with E-state index in [-0.39, 0.29) is 6.10 Å². The number of methoxy groups -OCH3 is 1. The molecular formula is C19H18FN5O2. The van der Waals surface area contributed by atoms with Crippen molar-refractivity contribution >= 4 is 16.8 Å². The number of halogens is 1. The second-order valence-corrected chi connectivity index (χ2v) is 6.38. The first-order valence-electron chi connectivity index (χ1n) is 8.51. The van der Waals surface area contributed by atoms with Gasteiger partial charge in [0.25, 0.3) is 0 Å². The number of pyridine rings is 1. The zero-order valence-electron chi connectivity index (χ0n) is 15.4. The summed E-state index contributed by atoms with van der Waals surface area (Å²) in [6.07, 6.45) is -0.0281. The van der Waals surface area contributed by atoms with E-state index >= 15 is 0 Å². The number of benzene rings is 1. The van der Waals surface area contributed by atoms with Crippen LogP contribution in [0.1, 0.15) is 19.5 Å². The van der Waals surface area contributed by atoms with Crippen molar-refractivity contribution in [3.05, 3.63) is 41.8 Å². The summed E-state index contributed by atoms with van der Waals surface area (Å²) in [6, 6.07) is 8.05. The molecule has 0 atom stereocenters. The molecule has 8 heteroatoms. The number of rotatable bonds is 4. The smallest absolute Gasteiger partial charge is 0.215 e. The summed E-state index contributed by atoms with van der Waals surface area (Å²) in [5.74, 6) is 0.958. The molecule has 0 radical (unpaired) electrons. The lowest BCUT2D eigenvalue weighted by Gasteiger charge is -2.11. The van der Waals surface area contributed by atoms with Crippen LogP contribution in [-0.2, 0) is 0 Å². The van der Waals surface area contributed by atoms with E-state index in [0.717, 1.165) is 0 Å². The van der Waals surface area contributed by atoms with Crippen molar-refractivity contribution in [2.24, 2.45) is 0 Å². The zero-order chi connectivity index (χ0) is 19.1. The van der Waals surface area contributed by atoms with Crippen LogP contribution in [0.15, 0.2) is 30.3 Å². The number of aryl methyl sites for hydroxylation is 1. The number of hydrogen-bond donors (Lipinski definition) is 0. The molecule has 0 amide bonds. The van der Waals surface area contributed by atoms with Gasteiger partial charge in [-0.25, -0.2) is 9.37 Å². The fourth-order valence-corrected chi connectivity index (χ4v) is 2.92. The summed E-state index contributed by atoms with van der Waals surface area (Å²) in [5.41, 5.74) is 2.48. The van der Waals surface area contributed by atoms with E-state index in [4.69, 9.17) is 9.47 Å². The van der Waals surface area contributed by atoms with Gasteiger partial charge in [-0.15, -0.1) is 10.2 Å². The standard InChI is InChI=1S/C19H18FN5O2/c1-10(2)27-12-5-6-14(20)13(9-12)18-21-11(3)17-24-23-15-7-8-16(26-4)22-19(15)25(17)18/h5-10H,1-4H3. The van der Waals surface area contributed by atoms with Gasteiger partial charge in [-0.05, 0) is 45.0 Å². The number of aromatic nitrogens is 5. The summed E-state index contributed by atoms with van der Waals surface area (Å²) in [7, 11) is 1.53. The Morgan fingerprint density at radius 3 is 2.59 bits per heavy atom. The monoisotopic (exact) mass is 367 g/mol. The van der Waals surface area contributed by atoms with Gasteiger partial charge in [0.2, 0.25) is 5.88 Å². The van der Waals surface area contributed by atoms with E-state index in [2.05, 4.69) is 20.2 Å². The Hall–Kier alpha value is -3.29. The topological polar surface area (TPSA) is 74.4 Å². The number of nitrogens with zero attached hydrogens (tertiary/aromatic N) is 5. The van der Waals surface area contributed by atoms with Crippen molar-refractivity contribution in [1.29, 1.82) is 0 Å². The summed E-state index contributed by atoms with van der Waals surface area (Å²) in [5, 5.41) is 8.41. The Balaban J connectivity index is 2.03. The van der Waals surface area contributed by atoms with Gasteiger partial charge in [0, 0.05) is 6.07 Å². The Bertz CT molecular complexity index is 1160. The molecule has 0 N–H and O–H groups in total. The van der Waals surface area contributed by atoms with E-state index in [1.807, 2.05) is 13.8 Å². The normalized spacial score (nSPS) is 11.5. The highest BCUT2D eigenvalue weighted by molar-refractivity contribution is 5.78. The molecule has 0 fully saturated rings. The molecule has 3 aromatic heterocycles. The van der Waals surface area contributed by atoms with Crippen LogP contribution in [0.5, 0.6) is 11.6 Å². The minimum Gasteiger partial charge on any atom is -0.491 e. The molecule has 0 spiro atoms. The highest BCUT2D eigenvalue weighted by Crippen LogP contribution is 2.30. The summed E-state index contributed by atoms with van der Waals surface area (Å²) in [6.45, 7) is 5.63. The Kier molecular flexibility index (Phi) is 4.10. The molecule has 0 bridgehead atoms. The third kappa shape index (κ3) is 2.92. The van der Waals surface area contributed by atoms with Crippen molar-refractivity contribution in [3.63, 3.8) is 0 Å². The van der Waals surface area contributed by atoms with Crippen molar-refractivity contribution in [2.75, 3.05) is 7.11 Å². The van der Waals surface area contributed by atoms with E-state index in [9.17, 15) is 4.39 Å². The molecule has 0 unspecified atom stereocenters. The maximum Gasteiger partial charge on any atom is 0.215 e. The fraction of sp³-hybridized carbons (Fsp3) is 0.263. The Morgan fingerprint density at radius 1 is 1.04 bits per heavy atom. The largest absolute Gasteiger partial charge is 0.491 e. The summed E-state index contributed by atoms with van der Waals surface area (Å²) in [4.78, 5) is 9.00. The molecule has 4 rings (SSSR count). The van der Waals surface area contributed by atoms with E-state index in [0.29, 0.717) is 45.5 Å². The average molecular weight is 367 g/mol. The Morgan fingerprint density at radius 2 is 1.85 bits per heavy atom. The van der Waals surface area contributed by atoms with Gasteiger partial charge in [-0.2, -0.15) is 4.98 Å². The molecule has 3 heterocycles. The molecule has 27 heavy (non-hydrogen) atoms. The minimum atomic E-state index is -0.411. The van der Waals surface area contributed by atoms with Crippen LogP contribution in [0.25, 0.3) is 28.2 Å². The van der Waals surface area contributed by atoms with Crippen LogP contribution >= 0.6 is 0 Å². The van der Waals surface area contributed by atoms with Crippen molar-refractivity contribution in [1.82, 2.24) is 24.6 Å². The first-order chi connectivity index (χ1) is 13.0. The van der Waals surface area contributed by atoms with Crippen LogP contribution < -0.4 is 9.47 Å². The highest BCUT2D eigenvalue weighted by Gasteiger charge is 2.19. The lowest BCUT2D eigenvalue weighted by molar-refractivity contribution is 0.242. The first kappa shape index (κ1) is 17.1. The molecule has 0 aliphatic carbocycles. The van der Waals surface area contributed by atoms with E-state index in [1.165, 1.54) is 13.2 Å². The van der Waals surface area contributed by atoms with Gasteiger partial charge in [0.15, 0.2) is 17.1 Å². The van der Waals surface area contributed by atoms with Crippen molar-refractivity contribution in [3.8, 4) is 23.0 Å². The van der Waals surface area contributed by atoms with E-state index in [1.54, 1.807) is 35.6 Å². The van der Waals surface area contributed by atoms with Crippen LogP contribution in [0.3, 0.4) is 0 Å². The summed E-state index contributed by atoms with van der Waals surface area (Å²) < 4.78 is 27.3. The maximum absolute atomic E-state index is 14.7. The summed E-state index contributed by atoms with van der Waals surface area (Å²) >= 11 is 0. The zero-order valence-corrected chi connectivity index (χ0v) is 15.4. The minimum absolute atomic E-state index is 0.0281. The second kappa shape index (κ2) is 6.46. The molecule has 138 valence electrons. The molecule has 0 saturated carbocycles. The number of hydrogen-bond acceptors (Lipinski definition) is 6. The lowest BCUT2D eigenvalue weighted by Crippen LogP contribution is -2.06. The van der Waals surface area contributed by atoms with Gasteiger partial charge < -0.3 is 9.47 Å². The van der Waals surface area contributed by atoms with Gasteiger partial charge in [-0.3, -0.25) is 4.40 Å². The highest BCUT2D eigenvalue weighted by atomic mass is 19.1. The maximum atomic E-state index is 14.7. The Labute approximate surface area is 154 Å². The third-order valence-electron chi connectivity index (χ3n) is 4.07. The van der Waals surface area contributed by atoms with E-state index < -0.39 is 5.82 Å². The number of imidazole rings is 1. The number of ether oxygens (including phenoxy) is 2. The van der Waals surface area contributed by atoms with Crippen LogP contribution in [0.4, 0.5) is 4.39 Å². The molecule has 1 aromatic carbocycles. The number of fused-ring (bicyclic) bond motifs is 3. The SMILES string of the molecule is COc1ccc2nnc3c(C)nc(-c4cc(OC(C)C)ccc4F)n3c2n1. The molecule has 0 aliphatic rings. The molecular weight excluding hydrogens is 349 g/mol. The molecule has 7 nitrogen and oxygen atoms in total.